The number of carbonyl (C=O) groups excluding carboxylic acids is 1. The number of amidine groups is 1. The summed E-state index contributed by atoms with van der Waals surface area (Å²) in [5.41, 5.74) is 2.88. The van der Waals surface area contributed by atoms with Crippen LogP contribution >= 0.6 is 23.4 Å². The predicted octanol–water partition coefficient (Wildman–Crippen LogP) is 5.93. The molecule has 1 heterocycles. The van der Waals surface area contributed by atoms with Gasteiger partial charge in [-0.15, -0.1) is 0 Å². The number of aryl methyl sites for hydroxylation is 1. The van der Waals surface area contributed by atoms with Gasteiger partial charge in [0.05, 0.1) is 17.2 Å². The van der Waals surface area contributed by atoms with Crippen LogP contribution in [0.1, 0.15) is 31.4 Å². The second kappa shape index (κ2) is 9.30. The summed E-state index contributed by atoms with van der Waals surface area (Å²) >= 11 is 7.51. The molecule has 0 atom stereocenters. The molecule has 0 radical (unpaired) electrons. The Labute approximate surface area is 175 Å². The Bertz CT molecular complexity index is 923. The van der Waals surface area contributed by atoms with Gasteiger partial charge in [0.15, 0.2) is 5.17 Å². The minimum atomic E-state index is -0.0876. The summed E-state index contributed by atoms with van der Waals surface area (Å²) in [6.07, 6.45) is 3.71. The minimum Gasteiger partial charge on any atom is -0.493 e. The second-order valence-corrected chi connectivity index (χ2v) is 7.87. The second-order valence-electron chi connectivity index (χ2n) is 6.42. The van der Waals surface area contributed by atoms with Crippen LogP contribution in [0.5, 0.6) is 5.75 Å². The zero-order chi connectivity index (χ0) is 20.1. The lowest BCUT2D eigenvalue weighted by molar-refractivity contribution is -0.121. The normalized spacial score (nSPS) is 17.0. The SMILES string of the molecule is CCCOc1ccc(Cl)cc1/C=C1/SC(=Nc2ccc(CC)cc2)N(C)C1=O. The van der Waals surface area contributed by atoms with Gasteiger partial charge >= 0.3 is 0 Å². The largest absolute Gasteiger partial charge is 0.493 e. The molecular formula is C22H23ClN2O2S. The van der Waals surface area contributed by atoms with E-state index in [9.17, 15) is 4.79 Å². The molecule has 2 aromatic carbocycles. The highest BCUT2D eigenvalue weighted by molar-refractivity contribution is 8.18. The molecule has 0 saturated carbocycles. The molecule has 146 valence electrons. The molecule has 0 aliphatic carbocycles. The Kier molecular flexibility index (Phi) is 6.81. The van der Waals surface area contributed by atoms with Gasteiger partial charge in [-0.1, -0.05) is 37.6 Å². The maximum atomic E-state index is 12.7. The van der Waals surface area contributed by atoms with Crippen molar-refractivity contribution in [2.45, 2.75) is 26.7 Å². The van der Waals surface area contributed by atoms with Crippen LogP contribution in [0.3, 0.4) is 0 Å². The molecule has 28 heavy (non-hydrogen) atoms. The fourth-order valence-electron chi connectivity index (χ4n) is 2.69. The standard InChI is InChI=1S/C22H23ClN2O2S/c1-4-12-27-19-11-8-17(23)13-16(19)14-20-21(26)25(3)22(28-20)24-18-9-6-15(5-2)7-10-18/h6-11,13-14H,4-5,12H2,1-3H3/b20-14+,24-22?. The summed E-state index contributed by atoms with van der Waals surface area (Å²) in [6, 6.07) is 13.5. The van der Waals surface area contributed by atoms with Gasteiger partial charge in [0, 0.05) is 17.6 Å². The third-order valence-electron chi connectivity index (χ3n) is 4.29. The lowest BCUT2D eigenvalue weighted by atomic mass is 10.1. The lowest BCUT2D eigenvalue weighted by Gasteiger charge is -2.09. The van der Waals surface area contributed by atoms with Gasteiger partial charge in [-0.3, -0.25) is 9.69 Å². The number of amides is 1. The maximum absolute atomic E-state index is 12.7. The third kappa shape index (κ3) is 4.78. The van der Waals surface area contributed by atoms with E-state index in [4.69, 9.17) is 16.3 Å². The van der Waals surface area contributed by atoms with Crippen molar-refractivity contribution >= 4 is 46.2 Å². The van der Waals surface area contributed by atoms with Crippen LogP contribution in [0.4, 0.5) is 5.69 Å². The number of benzene rings is 2. The minimum absolute atomic E-state index is 0.0876. The topological polar surface area (TPSA) is 41.9 Å². The zero-order valence-corrected chi connectivity index (χ0v) is 17.8. The number of thioether (sulfide) groups is 1. The molecular weight excluding hydrogens is 392 g/mol. The lowest BCUT2D eigenvalue weighted by Crippen LogP contribution is -2.23. The van der Waals surface area contributed by atoms with Crippen molar-refractivity contribution in [2.75, 3.05) is 13.7 Å². The van der Waals surface area contributed by atoms with Gasteiger partial charge in [-0.25, -0.2) is 4.99 Å². The van der Waals surface area contributed by atoms with Crippen LogP contribution in [0.2, 0.25) is 5.02 Å². The Morgan fingerprint density at radius 2 is 1.93 bits per heavy atom. The van der Waals surface area contributed by atoms with Crippen LogP contribution < -0.4 is 4.74 Å². The summed E-state index contributed by atoms with van der Waals surface area (Å²) in [6.45, 7) is 4.78. The fraction of sp³-hybridized carbons (Fsp3) is 0.273. The van der Waals surface area contributed by atoms with Gasteiger partial charge in [-0.2, -0.15) is 0 Å². The molecule has 1 amide bonds. The van der Waals surface area contributed by atoms with Crippen LogP contribution in [-0.4, -0.2) is 29.6 Å². The summed E-state index contributed by atoms with van der Waals surface area (Å²) in [5.74, 6) is 0.630. The van der Waals surface area contributed by atoms with Gasteiger partial charge in [0.2, 0.25) is 0 Å². The van der Waals surface area contributed by atoms with Crippen molar-refractivity contribution < 1.29 is 9.53 Å². The van der Waals surface area contributed by atoms with Gasteiger partial charge in [0.25, 0.3) is 5.91 Å². The van der Waals surface area contributed by atoms with Crippen molar-refractivity contribution in [2.24, 2.45) is 4.99 Å². The monoisotopic (exact) mass is 414 g/mol. The third-order valence-corrected chi connectivity index (χ3v) is 5.59. The van der Waals surface area contributed by atoms with E-state index in [1.165, 1.54) is 17.3 Å². The van der Waals surface area contributed by atoms with Crippen molar-refractivity contribution in [3.05, 3.63) is 63.5 Å². The molecule has 0 aromatic heterocycles. The number of aliphatic imine (C=N–C) groups is 1. The van der Waals surface area contributed by atoms with Crippen molar-refractivity contribution in [3.63, 3.8) is 0 Å². The van der Waals surface area contributed by atoms with Crippen molar-refractivity contribution in [1.29, 1.82) is 0 Å². The van der Waals surface area contributed by atoms with E-state index in [0.29, 0.717) is 21.7 Å². The number of carbonyl (C=O) groups is 1. The summed E-state index contributed by atoms with van der Waals surface area (Å²) < 4.78 is 5.79. The van der Waals surface area contributed by atoms with Crippen LogP contribution in [0, 0.1) is 0 Å². The molecule has 0 unspecified atom stereocenters. The fourth-order valence-corrected chi connectivity index (χ4v) is 3.84. The summed E-state index contributed by atoms with van der Waals surface area (Å²) in [4.78, 5) is 19.5. The first-order valence-electron chi connectivity index (χ1n) is 9.29. The maximum Gasteiger partial charge on any atom is 0.266 e. The number of halogens is 1. The molecule has 1 fully saturated rings. The number of likely N-dealkylation sites (N-methyl/N-ethyl adjacent to an activating group) is 1. The average molecular weight is 415 g/mol. The number of ether oxygens (including phenoxy) is 1. The van der Waals surface area contributed by atoms with Crippen LogP contribution in [0.25, 0.3) is 6.08 Å². The highest BCUT2D eigenvalue weighted by Crippen LogP contribution is 2.35. The molecule has 6 heteroatoms. The first-order valence-corrected chi connectivity index (χ1v) is 10.5. The quantitative estimate of drug-likeness (QED) is 0.550. The van der Waals surface area contributed by atoms with Crippen molar-refractivity contribution in [1.82, 2.24) is 4.90 Å². The number of nitrogens with zero attached hydrogens (tertiary/aromatic N) is 2. The molecule has 4 nitrogen and oxygen atoms in total. The van der Waals surface area contributed by atoms with Crippen LogP contribution in [-0.2, 0) is 11.2 Å². The van der Waals surface area contributed by atoms with E-state index in [-0.39, 0.29) is 5.91 Å². The molecule has 1 aliphatic heterocycles. The summed E-state index contributed by atoms with van der Waals surface area (Å²) in [5, 5.41) is 1.25. The van der Waals surface area contributed by atoms with E-state index in [1.54, 1.807) is 18.0 Å². The number of rotatable bonds is 6. The molecule has 0 bridgehead atoms. The van der Waals surface area contributed by atoms with E-state index < -0.39 is 0 Å². The Balaban J connectivity index is 1.88. The zero-order valence-electron chi connectivity index (χ0n) is 16.2. The average Bonchev–Trinajstić information content (AvgIpc) is 2.96. The van der Waals surface area contributed by atoms with Gasteiger partial charge in [-0.05, 0) is 66.6 Å². The predicted molar refractivity (Wildman–Crippen MR) is 118 cm³/mol. The molecule has 3 rings (SSSR count). The van der Waals surface area contributed by atoms with E-state index in [2.05, 4.69) is 31.0 Å². The Morgan fingerprint density at radius 3 is 2.61 bits per heavy atom. The Morgan fingerprint density at radius 1 is 1.18 bits per heavy atom. The highest BCUT2D eigenvalue weighted by atomic mass is 35.5. The first kappa shape index (κ1) is 20.5. The smallest absolute Gasteiger partial charge is 0.266 e. The number of hydrogen-bond acceptors (Lipinski definition) is 4. The van der Waals surface area contributed by atoms with Crippen molar-refractivity contribution in [3.8, 4) is 5.75 Å². The molecule has 1 saturated heterocycles. The van der Waals surface area contributed by atoms with E-state index in [0.717, 1.165) is 29.8 Å². The van der Waals surface area contributed by atoms with Crippen LogP contribution in [0.15, 0.2) is 52.4 Å². The highest BCUT2D eigenvalue weighted by Gasteiger charge is 2.30. The van der Waals surface area contributed by atoms with E-state index in [1.807, 2.05) is 30.3 Å². The summed E-state index contributed by atoms with van der Waals surface area (Å²) in [7, 11) is 1.74. The van der Waals surface area contributed by atoms with E-state index >= 15 is 0 Å². The molecule has 1 aliphatic rings. The first-order chi connectivity index (χ1) is 13.5. The van der Waals surface area contributed by atoms with Gasteiger partial charge in [0.1, 0.15) is 5.75 Å². The Hall–Kier alpha value is -2.24. The number of hydrogen-bond donors (Lipinski definition) is 0. The molecule has 2 aromatic rings. The molecule has 0 N–H and O–H groups in total. The molecule has 0 spiro atoms. The van der Waals surface area contributed by atoms with Gasteiger partial charge < -0.3 is 4.74 Å².